The lowest BCUT2D eigenvalue weighted by molar-refractivity contribution is -0.403. The summed E-state index contributed by atoms with van der Waals surface area (Å²) < 4.78 is 36.3. The third-order valence-corrected chi connectivity index (χ3v) is 10.1. The third kappa shape index (κ3) is 7.52. The van der Waals surface area contributed by atoms with Crippen LogP contribution in [0.1, 0.15) is 59.6 Å². The van der Waals surface area contributed by atoms with Crippen molar-refractivity contribution < 1.29 is 34.8 Å². The Morgan fingerprint density at radius 1 is 0.714 bits per heavy atom. The quantitative estimate of drug-likeness (QED) is 0.198. The predicted molar refractivity (Wildman–Crippen MR) is 196 cm³/mol. The molecular weight excluding hydrogens is 694 g/mol. The first kappa shape index (κ1) is 36.1. The molecule has 0 atom stereocenters. The highest BCUT2D eigenvalue weighted by Crippen LogP contribution is 2.43. The van der Waals surface area contributed by atoms with E-state index in [0.717, 1.165) is 38.9 Å². The van der Waals surface area contributed by atoms with Crippen molar-refractivity contribution in [3.05, 3.63) is 126 Å². The lowest BCUT2D eigenvalue weighted by Gasteiger charge is -2.23. The first-order chi connectivity index (χ1) is 22.8. The van der Waals surface area contributed by atoms with Gasteiger partial charge in [0, 0.05) is 63.8 Å². The molecule has 6 rings (SSSR count). The number of benzene rings is 5. The second-order valence-corrected chi connectivity index (χ2v) is 16.0. The summed E-state index contributed by atoms with van der Waals surface area (Å²) in [5, 5.41) is 5.30. The first-order valence-corrected chi connectivity index (χ1v) is 17.9. The maximum Gasteiger partial charge on any atom is 0.241 e. The van der Waals surface area contributed by atoms with Crippen LogP contribution >= 0.6 is 0 Å². The van der Waals surface area contributed by atoms with Gasteiger partial charge in [-0.05, 0) is 46.7 Å². The Kier molecular flexibility index (Phi) is 10.3. The van der Waals surface area contributed by atoms with Gasteiger partial charge in [0.25, 0.3) is 0 Å². The van der Waals surface area contributed by atoms with E-state index in [1.54, 1.807) is 19.1 Å². The fraction of sp³-hybridized carbons (Fsp3) is 0.244. The number of para-hydroxylation sites is 2. The minimum atomic E-state index is -3.77. The van der Waals surface area contributed by atoms with Crippen LogP contribution in [0.25, 0.3) is 33.4 Å². The van der Waals surface area contributed by atoms with Crippen LogP contribution in [0.15, 0.2) is 119 Å². The molecule has 2 aliphatic rings. The molecule has 1 aliphatic heterocycles. The minimum Gasteiger partial charge on any atom is -1.00 e. The molecule has 0 fully saturated rings. The lowest BCUT2D eigenvalue weighted by Crippen LogP contribution is -3.00. The molecule has 0 saturated carbocycles. The van der Waals surface area contributed by atoms with Gasteiger partial charge in [-0.1, -0.05) is 103 Å². The molecule has 0 amide bonds. The predicted octanol–water partition coefficient (Wildman–Crippen LogP) is 5.16. The number of anilines is 2. The molecule has 254 valence electrons. The molecule has 0 bridgehead atoms. The third-order valence-electron chi connectivity index (χ3n) is 8.53. The van der Waals surface area contributed by atoms with Gasteiger partial charge in [-0.25, -0.2) is 18.1 Å². The Labute approximate surface area is 300 Å². The van der Waals surface area contributed by atoms with Crippen molar-refractivity contribution in [3.63, 3.8) is 0 Å². The smallest absolute Gasteiger partial charge is 0.241 e. The van der Waals surface area contributed by atoms with Crippen molar-refractivity contribution in [2.24, 2.45) is 0 Å². The fourth-order valence-electron chi connectivity index (χ4n) is 6.31. The van der Waals surface area contributed by atoms with Crippen LogP contribution in [0.4, 0.5) is 17.1 Å². The molecule has 0 spiro atoms. The van der Waals surface area contributed by atoms with E-state index in [-0.39, 0.29) is 32.7 Å². The molecule has 0 aromatic heterocycles. The van der Waals surface area contributed by atoms with Gasteiger partial charge in [0.15, 0.2) is 0 Å². The first-order valence-electron chi connectivity index (χ1n) is 16.4. The molecule has 1 aliphatic carbocycles. The molecule has 4 aromatic rings. The van der Waals surface area contributed by atoms with Crippen LogP contribution in [0, 0.1) is 0 Å². The van der Waals surface area contributed by atoms with Gasteiger partial charge >= 0.3 is 0 Å². The van der Waals surface area contributed by atoms with Gasteiger partial charge in [0.1, 0.15) is 11.3 Å². The zero-order chi connectivity index (χ0) is 34.3. The van der Waals surface area contributed by atoms with Crippen molar-refractivity contribution in [2.45, 2.75) is 64.2 Å². The van der Waals surface area contributed by atoms with Gasteiger partial charge in [-0.15, -0.1) is 0 Å². The van der Waals surface area contributed by atoms with Gasteiger partial charge in [0.2, 0.25) is 21.1 Å². The molecule has 4 aromatic carbocycles. The van der Waals surface area contributed by atoms with Crippen molar-refractivity contribution in [1.29, 1.82) is 0 Å². The monoisotopic (exact) mass is 737 g/mol. The molecule has 0 saturated heterocycles. The number of fused-ring (bicyclic) bond motifs is 2. The average molecular weight is 739 g/mol. The number of hydrogen-bond acceptors (Lipinski definition) is 4. The number of halogens is 1. The van der Waals surface area contributed by atoms with Crippen LogP contribution in [-0.2, 0) is 20.9 Å². The van der Waals surface area contributed by atoms with Crippen LogP contribution in [-0.4, -0.2) is 15.0 Å². The number of nitrogens with one attached hydrogen (secondary N) is 3. The van der Waals surface area contributed by atoms with Gasteiger partial charge < -0.3 is 26.7 Å². The number of sulfonamides is 1. The largest absolute Gasteiger partial charge is 1.00 e. The highest BCUT2D eigenvalue weighted by molar-refractivity contribution is 7.89. The maximum atomic E-state index is 13.5. The fourth-order valence-corrected chi connectivity index (χ4v) is 7.57. The van der Waals surface area contributed by atoms with E-state index in [1.165, 1.54) is 11.1 Å². The van der Waals surface area contributed by atoms with Crippen LogP contribution < -0.4 is 37.4 Å². The zero-order valence-corrected chi connectivity index (χ0v) is 31.5. The molecule has 3 N–H and O–H groups in total. The Hall–Kier alpha value is -4.24. The molecule has 8 heteroatoms. The van der Waals surface area contributed by atoms with E-state index in [1.807, 2.05) is 60.7 Å². The Bertz CT molecular complexity index is 2280. The average Bonchev–Trinajstić information content (AvgIpc) is 3.03. The Balaban J connectivity index is 0.00000468. The van der Waals surface area contributed by atoms with Crippen LogP contribution in [0.3, 0.4) is 0 Å². The second kappa shape index (κ2) is 13.9. The highest BCUT2D eigenvalue weighted by atomic mass is 79.9. The van der Waals surface area contributed by atoms with Gasteiger partial charge in [-0.2, -0.15) is 0 Å². The normalized spacial score (nSPS) is 12.7. The van der Waals surface area contributed by atoms with Crippen LogP contribution in [0.2, 0.25) is 0 Å². The highest BCUT2D eigenvalue weighted by Gasteiger charge is 2.26. The summed E-state index contributed by atoms with van der Waals surface area (Å²) in [4.78, 5) is 3.84. The van der Waals surface area contributed by atoms with Crippen LogP contribution in [0.5, 0.6) is 0 Å². The Morgan fingerprint density at radius 2 is 1.37 bits per heavy atom. The van der Waals surface area contributed by atoms with Gasteiger partial charge in [-0.3, -0.25) is 0 Å². The van der Waals surface area contributed by atoms with E-state index >= 15 is 0 Å². The van der Waals surface area contributed by atoms with Gasteiger partial charge in [0.05, 0.1) is 11.0 Å². The summed E-state index contributed by atoms with van der Waals surface area (Å²) in [6, 6.07) is 35.9. The lowest BCUT2D eigenvalue weighted by atomic mass is 9.86. The summed E-state index contributed by atoms with van der Waals surface area (Å²) in [5.41, 5.74) is 8.09. The molecule has 6 nitrogen and oxygen atoms in total. The topological polar surface area (TPSA) is 85.3 Å². The second-order valence-electron chi connectivity index (χ2n) is 14.2. The van der Waals surface area contributed by atoms with E-state index in [2.05, 4.69) is 93.0 Å². The van der Waals surface area contributed by atoms with E-state index in [4.69, 9.17) is 4.42 Å². The van der Waals surface area contributed by atoms with Crippen molar-refractivity contribution in [3.8, 4) is 22.5 Å². The van der Waals surface area contributed by atoms with Crippen molar-refractivity contribution in [1.82, 2.24) is 4.72 Å². The molecule has 0 unspecified atom stereocenters. The number of rotatable bonds is 7. The molecule has 49 heavy (non-hydrogen) atoms. The summed E-state index contributed by atoms with van der Waals surface area (Å²) >= 11 is 0. The molecule has 0 radical (unpaired) electrons. The maximum absolute atomic E-state index is 13.5. The number of hydrogen-bond donors (Lipinski definition) is 3. The summed E-state index contributed by atoms with van der Waals surface area (Å²) in [7, 11) is -3.77. The van der Waals surface area contributed by atoms with Crippen molar-refractivity contribution >= 4 is 38.1 Å². The van der Waals surface area contributed by atoms with E-state index in [0.29, 0.717) is 23.5 Å². The molecule has 1 heterocycles. The minimum absolute atomic E-state index is 0. The Morgan fingerprint density at radius 3 is 2.08 bits per heavy atom. The SMILES string of the molecule is CCNS(=O)(=O)c1ccccc1-c1c2ccc(=[NH+]c3ccccc3C(C)(C)C)cc-2oc2cc(Nc3ccccc3C(C)(C)C)ccc12.[Br-]. The van der Waals surface area contributed by atoms with E-state index < -0.39 is 10.0 Å². The summed E-state index contributed by atoms with van der Waals surface area (Å²) in [6.07, 6.45) is 0. The van der Waals surface area contributed by atoms with Crippen molar-refractivity contribution in [2.75, 3.05) is 11.9 Å². The zero-order valence-electron chi connectivity index (χ0n) is 29.1. The molecular formula is C41H44BrN3O3S. The summed E-state index contributed by atoms with van der Waals surface area (Å²) in [5.74, 6) is 0.638. The van der Waals surface area contributed by atoms with E-state index in [9.17, 15) is 8.42 Å². The summed E-state index contributed by atoms with van der Waals surface area (Å²) in [6.45, 7) is 15.3. The standard InChI is InChI=1S/C41H43N3O3S.BrH/c1-8-42-48(45,46)38-20-14-9-15-31(38)39-29-23-21-27(43-34-18-12-10-16-32(34)40(2,3)4)25-36(29)47-37-26-28(22-24-30(37)39)44-35-19-13-11-17-33(35)41(5,6)7;/h9-26,42-43H,8H2,1-7H3;1H.